The molecule has 42 heavy (non-hydrogen) atoms. The summed E-state index contributed by atoms with van der Waals surface area (Å²) in [6, 6.07) is 21.4. The number of amides is 2. The van der Waals surface area contributed by atoms with Gasteiger partial charge in [-0.15, -0.1) is 0 Å². The molecule has 2 aliphatic rings. The van der Waals surface area contributed by atoms with Gasteiger partial charge in [0.1, 0.15) is 5.75 Å². The zero-order valence-electron chi connectivity index (χ0n) is 23.7. The number of para-hydroxylation sites is 3. The van der Waals surface area contributed by atoms with Crippen LogP contribution in [0.15, 0.2) is 83.8 Å². The van der Waals surface area contributed by atoms with Crippen molar-refractivity contribution in [1.29, 1.82) is 0 Å². The minimum atomic E-state index is -3.95. The summed E-state index contributed by atoms with van der Waals surface area (Å²) in [6.45, 7) is 4.09. The first-order valence-corrected chi connectivity index (χ1v) is 16.1. The molecule has 0 bridgehead atoms. The fourth-order valence-corrected chi connectivity index (χ4v) is 6.60. The van der Waals surface area contributed by atoms with Gasteiger partial charge in [-0.25, -0.2) is 8.42 Å². The fraction of sp³-hybridized carbons (Fsp3) is 0.375. The molecule has 1 saturated heterocycles. The van der Waals surface area contributed by atoms with Crippen molar-refractivity contribution < 1.29 is 22.7 Å². The van der Waals surface area contributed by atoms with Crippen LogP contribution in [-0.2, 0) is 14.8 Å². The molecule has 2 fully saturated rings. The minimum absolute atomic E-state index is 0.00395. The van der Waals surface area contributed by atoms with Crippen LogP contribution < -0.4 is 14.8 Å². The number of carbonyl (C=O) groups excluding carboxylic acids is 2. The molecule has 0 atom stereocenters. The van der Waals surface area contributed by atoms with Gasteiger partial charge in [0.05, 0.1) is 17.1 Å². The normalized spacial score (nSPS) is 16.5. The summed E-state index contributed by atoms with van der Waals surface area (Å²) in [6.07, 6.45) is 6.64. The molecule has 2 amide bonds. The molecule has 1 aliphatic carbocycles. The number of hydrogen-bond donors (Lipinski definition) is 2. The Kier molecular flexibility index (Phi) is 9.76. The van der Waals surface area contributed by atoms with Crippen molar-refractivity contribution in [3.63, 3.8) is 0 Å². The summed E-state index contributed by atoms with van der Waals surface area (Å²) in [7, 11) is -3.95. The molecule has 3 aromatic carbocycles. The van der Waals surface area contributed by atoms with E-state index in [1.54, 1.807) is 41.3 Å². The third-order valence-corrected chi connectivity index (χ3v) is 9.28. The van der Waals surface area contributed by atoms with Gasteiger partial charge in [-0.05, 0) is 67.3 Å². The Labute approximate surface area is 247 Å². The first kappa shape index (κ1) is 29.6. The van der Waals surface area contributed by atoms with Gasteiger partial charge in [-0.3, -0.25) is 19.2 Å². The first-order valence-electron chi connectivity index (χ1n) is 14.6. The van der Waals surface area contributed by atoms with E-state index < -0.39 is 15.9 Å². The Morgan fingerprint density at radius 2 is 1.48 bits per heavy atom. The van der Waals surface area contributed by atoms with Gasteiger partial charge < -0.3 is 15.0 Å². The van der Waals surface area contributed by atoms with E-state index in [1.807, 2.05) is 18.2 Å². The zero-order chi connectivity index (χ0) is 29.4. The van der Waals surface area contributed by atoms with Crippen LogP contribution in [0.25, 0.3) is 0 Å². The molecule has 1 heterocycles. The Bertz CT molecular complexity index is 1450. The van der Waals surface area contributed by atoms with Crippen molar-refractivity contribution in [2.24, 2.45) is 5.92 Å². The lowest BCUT2D eigenvalue weighted by molar-refractivity contribution is -0.131. The van der Waals surface area contributed by atoms with E-state index in [-0.39, 0.29) is 28.6 Å². The number of nitrogens with one attached hydrogen (secondary N) is 2. The van der Waals surface area contributed by atoms with Gasteiger partial charge in [0.15, 0.2) is 5.75 Å². The second-order valence-electron chi connectivity index (χ2n) is 10.9. The molecular weight excluding hydrogens is 552 g/mol. The maximum atomic E-state index is 13.1. The van der Waals surface area contributed by atoms with E-state index in [0.717, 1.165) is 25.6 Å². The number of nitrogens with zero attached hydrogens (tertiary/aromatic N) is 2. The van der Waals surface area contributed by atoms with Crippen LogP contribution in [0, 0.1) is 5.92 Å². The molecule has 1 aliphatic heterocycles. The van der Waals surface area contributed by atoms with Crippen molar-refractivity contribution in [2.75, 3.05) is 44.0 Å². The fourth-order valence-electron chi connectivity index (χ4n) is 5.53. The highest BCUT2D eigenvalue weighted by Gasteiger charge is 2.24. The van der Waals surface area contributed by atoms with Crippen molar-refractivity contribution in [3.8, 4) is 11.5 Å². The summed E-state index contributed by atoms with van der Waals surface area (Å²) >= 11 is 0. The summed E-state index contributed by atoms with van der Waals surface area (Å²) in [5.41, 5.74) is 0.559. The van der Waals surface area contributed by atoms with E-state index in [1.165, 1.54) is 56.4 Å². The van der Waals surface area contributed by atoms with E-state index in [2.05, 4.69) is 14.9 Å². The van der Waals surface area contributed by atoms with Crippen molar-refractivity contribution >= 4 is 27.5 Å². The van der Waals surface area contributed by atoms with E-state index in [0.29, 0.717) is 24.6 Å². The summed E-state index contributed by atoms with van der Waals surface area (Å²) in [5, 5.41) is 2.68. The summed E-state index contributed by atoms with van der Waals surface area (Å²) < 4.78 is 34.6. The molecule has 0 radical (unpaired) electrons. The molecule has 0 aromatic heterocycles. The van der Waals surface area contributed by atoms with Crippen molar-refractivity contribution in [1.82, 2.24) is 15.1 Å². The zero-order valence-corrected chi connectivity index (χ0v) is 24.5. The summed E-state index contributed by atoms with van der Waals surface area (Å²) in [4.78, 5) is 29.7. The van der Waals surface area contributed by atoms with Gasteiger partial charge in [0, 0.05) is 38.3 Å². The predicted molar refractivity (Wildman–Crippen MR) is 162 cm³/mol. The lowest BCUT2D eigenvalue weighted by Gasteiger charge is -2.37. The highest BCUT2D eigenvalue weighted by atomic mass is 32.2. The maximum absolute atomic E-state index is 13.1. The molecule has 10 heteroatoms. The van der Waals surface area contributed by atoms with E-state index >= 15 is 0 Å². The molecule has 5 rings (SSSR count). The summed E-state index contributed by atoms with van der Waals surface area (Å²) in [5.74, 6) is 1.17. The lowest BCUT2D eigenvalue weighted by Crippen LogP contribution is -2.52. The standard InChI is InChI=1S/C32H38N4O5S/c37-31(36-21-19-35(20-22-36)24-25-9-3-1-4-10-25)23-33-32(38)26-15-17-28(18-16-26)42(39,40)34-29-13-7-8-14-30(29)41-27-11-5-2-6-12-27/h2,5-8,11-18,25,34H,1,3-4,9-10,19-24H2,(H,33,38). The minimum Gasteiger partial charge on any atom is -0.455 e. The largest absolute Gasteiger partial charge is 0.455 e. The molecule has 222 valence electrons. The average molecular weight is 591 g/mol. The predicted octanol–water partition coefficient (Wildman–Crippen LogP) is 4.73. The van der Waals surface area contributed by atoms with Crippen LogP contribution >= 0.6 is 0 Å². The number of benzene rings is 3. The number of rotatable bonds is 10. The molecule has 1 saturated carbocycles. The van der Waals surface area contributed by atoms with Gasteiger partial charge in [0.2, 0.25) is 5.91 Å². The number of anilines is 1. The number of piperazine rings is 1. The Morgan fingerprint density at radius 3 is 2.19 bits per heavy atom. The Hall–Kier alpha value is -3.89. The average Bonchev–Trinajstić information content (AvgIpc) is 3.02. The number of ether oxygens (including phenoxy) is 1. The van der Waals surface area contributed by atoms with Crippen LogP contribution in [0.2, 0.25) is 0 Å². The van der Waals surface area contributed by atoms with Crippen LogP contribution in [0.5, 0.6) is 11.5 Å². The van der Waals surface area contributed by atoms with Crippen LogP contribution in [0.4, 0.5) is 5.69 Å². The monoisotopic (exact) mass is 590 g/mol. The quantitative estimate of drug-likeness (QED) is 0.353. The highest BCUT2D eigenvalue weighted by Crippen LogP contribution is 2.31. The van der Waals surface area contributed by atoms with E-state index in [4.69, 9.17) is 4.74 Å². The lowest BCUT2D eigenvalue weighted by atomic mass is 9.89. The molecular formula is C32H38N4O5S. The van der Waals surface area contributed by atoms with E-state index in [9.17, 15) is 18.0 Å². The molecule has 0 unspecified atom stereocenters. The van der Waals surface area contributed by atoms with Gasteiger partial charge in [0.25, 0.3) is 15.9 Å². The second-order valence-corrected chi connectivity index (χ2v) is 12.6. The van der Waals surface area contributed by atoms with Crippen LogP contribution in [0.3, 0.4) is 0 Å². The number of carbonyl (C=O) groups is 2. The molecule has 3 aromatic rings. The van der Waals surface area contributed by atoms with Gasteiger partial charge in [-0.2, -0.15) is 0 Å². The van der Waals surface area contributed by atoms with Crippen LogP contribution in [-0.4, -0.2) is 69.3 Å². The smallest absolute Gasteiger partial charge is 0.262 e. The number of hydrogen-bond acceptors (Lipinski definition) is 6. The Morgan fingerprint density at radius 1 is 0.810 bits per heavy atom. The topological polar surface area (TPSA) is 108 Å². The van der Waals surface area contributed by atoms with Crippen LogP contribution in [0.1, 0.15) is 42.5 Å². The molecule has 9 nitrogen and oxygen atoms in total. The SMILES string of the molecule is O=C(NCC(=O)N1CCN(CC2CCCCC2)CC1)c1ccc(S(=O)(=O)Nc2ccccc2Oc2ccccc2)cc1. The maximum Gasteiger partial charge on any atom is 0.262 e. The van der Waals surface area contributed by atoms with Gasteiger partial charge in [-0.1, -0.05) is 49.6 Å². The highest BCUT2D eigenvalue weighted by molar-refractivity contribution is 7.92. The van der Waals surface area contributed by atoms with Gasteiger partial charge >= 0.3 is 0 Å². The molecule has 2 N–H and O–H groups in total. The van der Waals surface area contributed by atoms with Crippen molar-refractivity contribution in [3.05, 3.63) is 84.4 Å². The van der Waals surface area contributed by atoms with Crippen molar-refractivity contribution in [2.45, 2.75) is 37.0 Å². The second kappa shape index (κ2) is 13.8. The third kappa shape index (κ3) is 7.89. The molecule has 0 spiro atoms. The first-order chi connectivity index (χ1) is 20.4. The third-order valence-electron chi connectivity index (χ3n) is 7.90. The Balaban J connectivity index is 1.11. The number of sulfonamides is 1.